The third kappa shape index (κ3) is 3.20. The molecule has 0 unspecified atom stereocenters. The molecule has 0 aliphatic carbocycles. The largest absolute Gasteiger partial charge is 0.481 e. The Morgan fingerprint density at radius 2 is 1.77 bits per heavy atom. The van der Waals surface area contributed by atoms with Crippen LogP contribution >= 0.6 is 0 Å². The van der Waals surface area contributed by atoms with Gasteiger partial charge in [-0.2, -0.15) is 4.98 Å². The van der Waals surface area contributed by atoms with E-state index >= 15 is 0 Å². The van der Waals surface area contributed by atoms with Crippen LogP contribution in [0, 0.1) is 0 Å². The first-order valence-electron chi connectivity index (χ1n) is 10.5. The van der Waals surface area contributed by atoms with E-state index in [1.54, 1.807) is 13.3 Å². The van der Waals surface area contributed by atoms with E-state index in [-0.39, 0.29) is 6.01 Å². The second-order valence-corrected chi connectivity index (χ2v) is 8.42. The Kier molecular flexibility index (Phi) is 4.83. The normalized spacial score (nSPS) is 26.1. The van der Waals surface area contributed by atoms with Gasteiger partial charge in [-0.1, -0.05) is 42.5 Å². The number of nitrogens with zero attached hydrogens (tertiary/aromatic N) is 3. The molecule has 2 aliphatic heterocycles. The molecule has 1 aromatic heterocycles. The maximum atomic E-state index is 11.6. The van der Waals surface area contributed by atoms with Crippen LogP contribution in [0.4, 0.5) is 0 Å². The topological polar surface area (TPSA) is 67.7 Å². The lowest BCUT2D eigenvalue weighted by atomic mass is 9.81. The van der Waals surface area contributed by atoms with Gasteiger partial charge in [0.2, 0.25) is 5.88 Å². The van der Waals surface area contributed by atoms with Crippen LogP contribution in [-0.2, 0) is 12.1 Å². The Morgan fingerprint density at radius 1 is 1.03 bits per heavy atom. The summed E-state index contributed by atoms with van der Waals surface area (Å²) in [5, 5.41) is 14.2. The number of ether oxygens (including phenoxy) is 2. The van der Waals surface area contributed by atoms with Crippen LogP contribution in [0.5, 0.6) is 11.9 Å². The van der Waals surface area contributed by atoms with Crippen molar-refractivity contribution in [3.63, 3.8) is 0 Å². The lowest BCUT2D eigenvalue weighted by Gasteiger charge is -2.44. The van der Waals surface area contributed by atoms with Gasteiger partial charge in [0.25, 0.3) is 0 Å². The molecule has 0 amide bonds. The smallest absolute Gasteiger partial charge is 0.319 e. The zero-order valence-electron chi connectivity index (χ0n) is 17.4. The van der Waals surface area contributed by atoms with Crippen molar-refractivity contribution in [3.05, 3.63) is 59.8 Å². The van der Waals surface area contributed by atoms with E-state index in [9.17, 15) is 5.11 Å². The van der Waals surface area contributed by atoms with Crippen LogP contribution in [0.1, 0.15) is 36.8 Å². The first-order valence-corrected chi connectivity index (χ1v) is 10.5. The van der Waals surface area contributed by atoms with Gasteiger partial charge >= 0.3 is 6.01 Å². The standard InChI is InChI=1S/C24H27N3O3/c1-29-22-21(14-25-23(26-22)30-2)24(28)12-18-10-11-19(13-24)27(18)15-17-8-5-7-16-6-3-4-9-20(16)17/h3-9,14,18-19,28H,10-13,15H2,1-2H3/t18-,19-/m1/s1. The number of aliphatic hydroxyl groups is 1. The average molecular weight is 405 g/mol. The maximum absolute atomic E-state index is 11.6. The monoisotopic (exact) mass is 405 g/mol. The number of hydrogen-bond donors (Lipinski definition) is 1. The van der Waals surface area contributed by atoms with Crippen molar-refractivity contribution in [1.82, 2.24) is 14.9 Å². The summed E-state index contributed by atoms with van der Waals surface area (Å²) >= 11 is 0. The number of rotatable bonds is 5. The number of benzene rings is 2. The molecule has 2 bridgehead atoms. The van der Waals surface area contributed by atoms with Gasteiger partial charge in [-0.15, -0.1) is 0 Å². The zero-order chi connectivity index (χ0) is 20.7. The van der Waals surface area contributed by atoms with Crippen molar-refractivity contribution in [1.29, 1.82) is 0 Å². The molecule has 0 spiro atoms. The molecule has 6 heteroatoms. The molecule has 30 heavy (non-hydrogen) atoms. The van der Waals surface area contributed by atoms with E-state index in [1.807, 2.05) is 0 Å². The molecule has 0 saturated carbocycles. The van der Waals surface area contributed by atoms with Gasteiger partial charge in [0.15, 0.2) is 0 Å². The summed E-state index contributed by atoms with van der Waals surface area (Å²) in [4.78, 5) is 11.1. The summed E-state index contributed by atoms with van der Waals surface area (Å²) in [6.45, 7) is 0.906. The van der Waals surface area contributed by atoms with E-state index in [4.69, 9.17) is 9.47 Å². The van der Waals surface area contributed by atoms with Crippen LogP contribution in [0.2, 0.25) is 0 Å². The summed E-state index contributed by atoms with van der Waals surface area (Å²) in [5.41, 5.74) is 1.02. The predicted octanol–water partition coefficient (Wildman–Crippen LogP) is 3.66. The Balaban J connectivity index is 1.42. The third-order valence-corrected chi connectivity index (χ3v) is 6.76. The van der Waals surface area contributed by atoms with Crippen molar-refractivity contribution in [2.45, 2.75) is 49.9 Å². The molecule has 6 nitrogen and oxygen atoms in total. The SMILES string of the molecule is COc1ncc(C2(O)C[C@H]3CC[C@H](C2)N3Cc2cccc3ccccc23)c(OC)n1. The second-order valence-electron chi connectivity index (χ2n) is 8.42. The second kappa shape index (κ2) is 7.52. The maximum Gasteiger partial charge on any atom is 0.319 e. The quantitative estimate of drug-likeness (QED) is 0.699. The van der Waals surface area contributed by atoms with Crippen LogP contribution in [0.3, 0.4) is 0 Å². The van der Waals surface area contributed by atoms with Crippen LogP contribution in [0.15, 0.2) is 48.7 Å². The summed E-state index contributed by atoms with van der Waals surface area (Å²) in [7, 11) is 3.09. The van der Waals surface area contributed by atoms with Crippen molar-refractivity contribution in [2.75, 3.05) is 14.2 Å². The minimum atomic E-state index is -0.987. The zero-order valence-corrected chi connectivity index (χ0v) is 17.4. The fourth-order valence-corrected chi connectivity index (χ4v) is 5.35. The number of methoxy groups -OCH3 is 2. The van der Waals surface area contributed by atoms with Gasteiger partial charge in [-0.25, -0.2) is 4.98 Å². The Bertz CT molecular complexity index is 1050. The number of fused-ring (bicyclic) bond motifs is 3. The Labute approximate surface area is 176 Å². The lowest BCUT2D eigenvalue weighted by Crippen LogP contribution is -2.49. The van der Waals surface area contributed by atoms with E-state index < -0.39 is 5.60 Å². The van der Waals surface area contributed by atoms with Gasteiger partial charge in [0, 0.05) is 24.8 Å². The van der Waals surface area contributed by atoms with Crippen LogP contribution in [0.25, 0.3) is 10.8 Å². The highest BCUT2D eigenvalue weighted by Gasteiger charge is 2.49. The lowest BCUT2D eigenvalue weighted by molar-refractivity contribution is -0.0611. The first kappa shape index (κ1) is 19.3. The number of aromatic nitrogens is 2. The van der Waals surface area contributed by atoms with E-state index in [1.165, 1.54) is 23.4 Å². The summed E-state index contributed by atoms with van der Waals surface area (Å²) in [6.07, 6.45) is 5.15. The summed E-state index contributed by atoms with van der Waals surface area (Å²) in [5.74, 6) is 0.395. The molecule has 2 fully saturated rings. The Hall–Kier alpha value is -2.70. The van der Waals surface area contributed by atoms with Gasteiger partial charge in [-0.05, 0) is 42.0 Å². The minimum Gasteiger partial charge on any atom is -0.481 e. The molecular weight excluding hydrogens is 378 g/mol. The highest BCUT2D eigenvalue weighted by Crippen LogP contribution is 2.48. The minimum absolute atomic E-state index is 0.246. The van der Waals surface area contributed by atoms with Crippen LogP contribution in [-0.4, -0.2) is 46.3 Å². The van der Waals surface area contributed by atoms with E-state index in [2.05, 4.69) is 57.3 Å². The molecule has 0 radical (unpaired) electrons. The summed E-state index contributed by atoms with van der Waals surface area (Å²) in [6, 6.07) is 16.0. The van der Waals surface area contributed by atoms with Gasteiger partial charge in [0.05, 0.1) is 25.4 Å². The molecule has 2 aliphatic rings. The molecule has 156 valence electrons. The first-order chi connectivity index (χ1) is 14.6. The Morgan fingerprint density at radius 3 is 2.50 bits per heavy atom. The fraction of sp³-hybridized carbons (Fsp3) is 0.417. The highest BCUT2D eigenvalue weighted by molar-refractivity contribution is 5.85. The van der Waals surface area contributed by atoms with Crippen molar-refractivity contribution < 1.29 is 14.6 Å². The molecule has 2 saturated heterocycles. The number of piperidine rings is 1. The van der Waals surface area contributed by atoms with Crippen molar-refractivity contribution >= 4 is 10.8 Å². The van der Waals surface area contributed by atoms with Crippen LogP contribution < -0.4 is 9.47 Å². The van der Waals surface area contributed by atoms with Crippen molar-refractivity contribution in [2.24, 2.45) is 0 Å². The average Bonchev–Trinajstić information content (AvgIpc) is 3.02. The molecule has 3 heterocycles. The molecule has 2 aromatic carbocycles. The van der Waals surface area contributed by atoms with Crippen molar-refractivity contribution in [3.8, 4) is 11.9 Å². The molecule has 3 aromatic rings. The molecule has 1 N–H and O–H groups in total. The van der Waals surface area contributed by atoms with Gasteiger partial charge in [0.1, 0.15) is 0 Å². The van der Waals surface area contributed by atoms with Gasteiger partial charge < -0.3 is 14.6 Å². The molecular formula is C24H27N3O3. The predicted molar refractivity (Wildman–Crippen MR) is 115 cm³/mol. The van der Waals surface area contributed by atoms with Gasteiger partial charge in [-0.3, -0.25) is 4.90 Å². The number of hydrogen-bond acceptors (Lipinski definition) is 6. The van der Waals surface area contributed by atoms with E-state index in [0.717, 1.165) is 19.4 Å². The summed E-state index contributed by atoms with van der Waals surface area (Å²) < 4.78 is 10.6. The van der Waals surface area contributed by atoms with E-state index in [0.29, 0.717) is 36.4 Å². The fourth-order valence-electron chi connectivity index (χ4n) is 5.35. The third-order valence-electron chi connectivity index (χ3n) is 6.76. The highest BCUT2D eigenvalue weighted by atomic mass is 16.5. The molecule has 2 atom stereocenters. The molecule has 5 rings (SSSR count).